The predicted molar refractivity (Wildman–Crippen MR) is 80.6 cm³/mol. The standard InChI is InChI=1S/C13H10Br2ClN/c14-12-6-1-9(7-13(12)15)8-17-11-4-2-10(16)3-5-11/h1-7,17H,8H2. The Morgan fingerprint density at radius 1 is 0.941 bits per heavy atom. The summed E-state index contributed by atoms with van der Waals surface area (Å²) < 4.78 is 2.13. The van der Waals surface area contributed by atoms with E-state index in [1.807, 2.05) is 30.3 Å². The highest BCUT2D eigenvalue weighted by Gasteiger charge is 1.99. The third-order valence-corrected chi connectivity index (χ3v) is 4.46. The lowest BCUT2D eigenvalue weighted by Gasteiger charge is -2.07. The summed E-state index contributed by atoms with van der Waals surface area (Å²) >= 11 is 12.8. The van der Waals surface area contributed by atoms with Crippen LogP contribution >= 0.6 is 43.5 Å². The number of hydrogen-bond donors (Lipinski definition) is 1. The van der Waals surface area contributed by atoms with Crippen molar-refractivity contribution in [2.45, 2.75) is 6.54 Å². The Kier molecular flexibility index (Phi) is 4.48. The molecule has 0 aromatic heterocycles. The first-order valence-electron chi connectivity index (χ1n) is 5.08. The molecular formula is C13H10Br2ClN. The van der Waals surface area contributed by atoms with E-state index in [9.17, 15) is 0 Å². The van der Waals surface area contributed by atoms with Gasteiger partial charge in [-0.1, -0.05) is 17.7 Å². The van der Waals surface area contributed by atoms with Gasteiger partial charge in [-0.15, -0.1) is 0 Å². The third kappa shape index (κ3) is 3.73. The van der Waals surface area contributed by atoms with Crippen LogP contribution in [0.2, 0.25) is 5.02 Å². The largest absolute Gasteiger partial charge is 0.381 e. The molecule has 0 spiro atoms. The van der Waals surface area contributed by atoms with Crippen LogP contribution in [0, 0.1) is 0 Å². The maximum Gasteiger partial charge on any atom is 0.0407 e. The van der Waals surface area contributed by atoms with Crippen LogP contribution in [0.3, 0.4) is 0 Å². The van der Waals surface area contributed by atoms with Gasteiger partial charge in [0.05, 0.1) is 0 Å². The highest BCUT2D eigenvalue weighted by atomic mass is 79.9. The van der Waals surface area contributed by atoms with Crippen molar-refractivity contribution in [1.29, 1.82) is 0 Å². The number of nitrogens with one attached hydrogen (secondary N) is 1. The van der Waals surface area contributed by atoms with E-state index in [0.29, 0.717) is 0 Å². The lowest BCUT2D eigenvalue weighted by Crippen LogP contribution is -1.98. The molecule has 0 heterocycles. The zero-order chi connectivity index (χ0) is 12.3. The number of hydrogen-bond acceptors (Lipinski definition) is 1. The highest BCUT2D eigenvalue weighted by Crippen LogP contribution is 2.24. The Labute approximate surface area is 122 Å². The molecule has 17 heavy (non-hydrogen) atoms. The quantitative estimate of drug-likeness (QED) is 0.749. The lowest BCUT2D eigenvalue weighted by molar-refractivity contribution is 1.14. The van der Waals surface area contributed by atoms with Gasteiger partial charge in [0.25, 0.3) is 0 Å². The van der Waals surface area contributed by atoms with E-state index in [1.165, 1.54) is 5.56 Å². The summed E-state index contributed by atoms with van der Waals surface area (Å²) in [5.41, 5.74) is 2.28. The van der Waals surface area contributed by atoms with Gasteiger partial charge in [0.1, 0.15) is 0 Å². The number of anilines is 1. The van der Waals surface area contributed by atoms with E-state index >= 15 is 0 Å². The molecular weight excluding hydrogens is 365 g/mol. The smallest absolute Gasteiger partial charge is 0.0407 e. The minimum absolute atomic E-state index is 0.752. The van der Waals surface area contributed by atoms with Crippen LogP contribution in [-0.4, -0.2) is 0 Å². The van der Waals surface area contributed by atoms with E-state index in [1.54, 1.807) is 0 Å². The molecule has 4 heteroatoms. The van der Waals surface area contributed by atoms with Crippen LogP contribution in [-0.2, 0) is 6.54 Å². The van der Waals surface area contributed by atoms with Gasteiger partial charge in [-0.25, -0.2) is 0 Å². The van der Waals surface area contributed by atoms with Crippen LogP contribution < -0.4 is 5.32 Å². The van der Waals surface area contributed by atoms with Crippen molar-refractivity contribution in [2.75, 3.05) is 5.32 Å². The number of halogens is 3. The van der Waals surface area contributed by atoms with Crippen molar-refractivity contribution in [2.24, 2.45) is 0 Å². The summed E-state index contributed by atoms with van der Waals surface area (Å²) in [6.45, 7) is 0.785. The molecule has 2 aromatic carbocycles. The maximum absolute atomic E-state index is 5.83. The van der Waals surface area contributed by atoms with E-state index in [-0.39, 0.29) is 0 Å². The fourth-order valence-electron chi connectivity index (χ4n) is 1.42. The normalized spacial score (nSPS) is 10.3. The summed E-state index contributed by atoms with van der Waals surface area (Å²) in [6, 6.07) is 13.9. The molecule has 0 unspecified atom stereocenters. The average Bonchev–Trinajstić information content (AvgIpc) is 2.33. The van der Waals surface area contributed by atoms with Crippen molar-refractivity contribution < 1.29 is 0 Å². The molecule has 1 nitrogen and oxygen atoms in total. The van der Waals surface area contributed by atoms with Crippen molar-refractivity contribution in [1.82, 2.24) is 0 Å². The summed E-state index contributed by atoms with van der Waals surface area (Å²) in [6.07, 6.45) is 0. The summed E-state index contributed by atoms with van der Waals surface area (Å²) in [4.78, 5) is 0. The Bertz CT molecular complexity index is 511. The van der Waals surface area contributed by atoms with Crippen molar-refractivity contribution in [3.8, 4) is 0 Å². The van der Waals surface area contributed by atoms with E-state index in [4.69, 9.17) is 11.6 Å². The molecule has 0 aliphatic heterocycles. The van der Waals surface area contributed by atoms with Crippen LogP contribution in [0.5, 0.6) is 0 Å². The first-order valence-corrected chi connectivity index (χ1v) is 7.05. The molecule has 0 aliphatic rings. The van der Waals surface area contributed by atoms with E-state index < -0.39 is 0 Å². The first-order chi connectivity index (χ1) is 8.15. The maximum atomic E-state index is 5.83. The fraction of sp³-hybridized carbons (Fsp3) is 0.0769. The molecule has 0 aliphatic carbocycles. The molecule has 0 atom stereocenters. The zero-order valence-electron chi connectivity index (χ0n) is 8.88. The molecule has 0 fully saturated rings. The highest BCUT2D eigenvalue weighted by molar-refractivity contribution is 9.13. The van der Waals surface area contributed by atoms with Crippen molar-refractivity contribution in [3.05, 3.63) is 62.0 Å². The molecule has 0 saturated heterocycles. The summed E-state index contributed by atoms with van der Waals surface area (Å²) in [5.74, 6) is 0. The van der Waals surface area contributed by atoms with Gasteiger partial charge >= 0.3 is 0 Å². The number of benzene rings is 2. The van der Waals surface area contributed by atoms with Crippen molar-refractivity contribution in [3.63, 3.8) is 0 Å². The Balaban J connectivity index is 2.02. The zero-order valence-corrected chi connectivity index (χ0v) is 12.8. The minimum Gasteiger partial charge on any atom is -0.381 e. The Morgan fingerprint density at radius 2 is 1.65 bits per heavy atom. The van der Waals surface area contributed by atoms with Gasteiger partial charge in [0, 0.05) is 26.2 Å². The minimum atomic E-state index is 0.752. The monoisotopic (exact) mass is 373 g/mol. The van der Waals surface area contributed by atoms with Gasteiger partial charge < -0.3 is 5.32 Å². The van der Waals surface area contributed by atoms with E-state index in [0.717, 1.165) is 26.2 Å². The molecule has 2 rings (SSSR count). The Hall–Kier alpha value is -0.510. The third-order valence-electron chi connectivity index (χ3n) is 2.32. The van der Waals surface area contributed by atoms with Gasteiger partial charge in [-0.05, 0) is 73.8 Å². The van der Waals surface area contributed by atoms with Gasteiger partial charge in [-0.3, -0.25) is 0 Å². The van der Waals surface area contributed by atoms with Crippen LogP contribution in [0.1, 0.15) is 5.56 Å². The molecule has 1 N–H and O–H groups in total. The second-order valence-electron chi connectivity index (χ2n) is 3.61. The SMILES string of the molecule is Clc1ccc(NCc2ccc(Br)c(Br)c2)cc1. The molecule has 0 saturated carbocycles. The van der Waals surface area contributed by atoms with Gasteiger partial charge in [-0.2, -0.15) is 0 Å². The van der Waals surface area contributed by atoms with Crippen LogP contribution in [0.4, 0.5) is 5.69 Å². The fourth-order valence-corrected chi connectivity index (χ4v) is 2.22. The van der Waals surface area contributed by atoms with Gasteiger partial charge in [0.2, 0.25) is 0 Å². The second-order valence-corrected chi connectivity index (χ2v) is 5.75. The Morgan fingerprint density at radius 3 is 2.29 bits per heavy atom. The first kappa shape index (κ1) is 12.9. The molecule has 0 amide bonds. The van der Waals surface area contributed by atoms with Crippen molar-refractivity contribution >= 4 is 49.1 Å². The number of rotatable bonds is 3. The van der Waals surface area contributed by atoms with Crippen LogP contribution in [0.25, 0.3) is 0 Å². The molecule has 0 bridgehead atoms. The molecule has 0 radical (unpaired) electrons. The summed E-state index contributed by atoms with van der Waals surface area (Å²) in [7, 11) is 0. The topological polar surface area (TPSA) is 12.0 Å². The summed E-state index contributed by atoms with van der Waals surface area (Å²) in [5, 5.41) is 4.09. The second kappa shape index (κ2) is 5.89. The van der Waals surface area contributed by atoms with Crippen LogP contribution in [0.15, 0.2) is 51.4 Å². The van der Waals surface area contributed by atoms with Gasteiger partial charge in [0.15, 0.2) is 0 Å². The lowest BCUT2D eigenvalue weighted by atomic mass is 10.2. The molecule has 2 aromatic rings. The predicted octanol–water partition coefficient (Wildman–Crippen LogP) is 5.48. The molecule has 88 valence electrons. The van der Waals surface area contributed by atoms with E-state index in [2.05, 4.69) is 49.3 Å². The average molecular weight is 375 g/mol.